The zero-order chi connectivity index (χ0) is 12.3. The summed E-state index contributed by atoms with van der Waals surface area (Å²) in [5.74, 6) is 0. The first kappa shape index (κ1) is 12.6. The first-order chi connectivity index (χ1) is 8.18. The Morgan fingerprint density at radius 2 is 1.94 bits per heavy atom. The van der Waals surface area contributed by atoms with Gasteiger partial charge in [-0.05, 0) is 50.8 Å². The standard InChI is InChI=1S/C15H23NO/c1-12-5-3-4-6-14(12)15(11-16-2)9-7-13(17)8-10-15/h3-6,13,16-17H,7-11H2,1-2H3. The van der Waals surface area contributed by atoms with Gasteiger partial charge in [0.1, 0.15) is 0 Å². The number of aliphatic hydroxyl groups excluding tert-OH is 1. The van der Waals surface area contributed by atoms with E-state index in [9.17, 15) is 5.11 Å². The van der Waals surface area contributed by atoms with Crippen LogP contribution in [0.1, 0.15) is 36.8 Å². The van der Waals surface area contributed by atoms with Gasteiger partial charge < -0.3 is 10.4 Å². The van der Waals surface area contributed by atoms with Crippen LogP contribution in [-0.4, -0.2) is 24.8 Å². The average Bonchev–Trinajstić information content (AvgIpc) is 2.33. The fourth-order valence-electron chi connectivity index (χ4n) is 3.20. The summed E-state index contributed by atoms with van der Waals surface area (Å²) in [5, 5.41) is 13.0. The van der Waals surface area contributed by atoms with E-state index in [1.54, 1.807) is 0 Å². The molecule has 0 atom stereocenters. The predicted molar refractivity (Wildman–Crippen MR) is 71.3 cm³/mol. The maximum Gasteiger partial charge on any atom is 0.0541 e. The highest BCUT2D eigenvalue weighted by Crippen LogP contribution is 2.40. The van der Waals surface area contributed by atoms with Gasteiger partial charge in [-0.2, -0.15) is 0 Å². The Morgan fingerprint density at radius 3 is 2.53 bits per heavy atom. The van der Waals surface area contributed by atoms with Crippen molar-refractivity contribution in [3.63, 3.8) is 0 Å². The molecule has 1 fully saturated rings. The minimum Gasteiger partial charge on any atom is -0.393 e. The lowest BCUT2D eigenvalue weighted by molar-refractivity contribution is 0.0950. The Morgan fingerprint density at radius 1 is 1.29 bits per heavy atom. The molecule has 1 aromatic carbocycles. The molecule has 0 unspecified atom stereocenters. The molecule has 1 aliphatic carbocycles. The number of benzene rings is 1. The lowest BCUT2D eigenvalue weighted by Gasteiger charge is -2.40. The van der Waals surface area contributed by atoms with Gasteiger partial charge in [0.25, 0.3) is 0 Å². The van der Waals surface area contributed by atoms with Gasteiger partial charge in [-0.3, -0.25) is 0 Å². The molecule has 0 spiro atoms. The average molecular weight is 233 g/mol. The second kappa shape index (κ2) is 5.19. The predicted octanol–water partition coefficient (Wildman–Crippen LogP) is 2.39. The number of likely N-dealkylation sites (N-methyl/N-ethyl adjacent to an activating group) is 1. The highest BCUT2D eigenvalue weighted by atomic mass is 16.3. The first-order valence-corrected chi connectivity index (χ1v) is 6.57. The zero-order valence-electron chi connectivity index (χ0n) is 10.9. The van der Waals surface area contributed by atoms with Crippen LogP contribution in [0, 0.1) is 6.92 Å². The third kappa shape index (κ3) is 2.53. The monoisotopic (exact) mass is 233 g/mol. The van der Waals surface area contributed by atoms with Crippen LogP contribution in [-0.2, 0) is 5.41 Å². The van der Waals surface area contributed by atoms with Gasteiger partial charge in [0, 0.05) is 12.0 Å². The summed E-state index contributed by atoms with van der Waals surface area (Å²) in [6, 6.07) is 8.68. The SMILES string of the molecule is CNCC1(c2ccccc2C)CCC(O)CC1. The summed E-state index contributed by atoms with van der Waals surface area (Å²) in [6.45, 7) is 3.20. The second-order valence-electron chi connectivity index (χ2n) is 5.36. The normalized spacial score (nSPS) is 29.2. The molecule has 94 valence electrons. The van der Waals surface area contributed by atoms with Crippen molar-refractivity contribution in [2.24, 2.45) is 0 Å². The third-order valence-electron chi connectivity index (χ3n) is 4.14. The van der Waals surface area contributed by atoms with E-state index in [1.807, 2.05) is 7.05 Å². The van der Waals surface area contributed by atoms with Gasteiger partial charge in [0.15, 0.2) is 0 Å². The fourth-order valence-corrected chi connectivity index (χ4v) is 3.20. The van der Waals surface area contributed by atoms with Crippen molar-refractivity contribution in [3.05, 3.63) is 35.4 Å². The van der Waals surface area contributed by atoms with Gasteiger partial charge in [-0.1, -0.05) is 24.3 Å². The van der Waals surface area contributed by atoms with Crippen molar-refractivity contribution < 1.29 is 5.11 Å². The van der Waals surface area contributed by atoms with Crippen LogP contribution in [0.15, 0.2) is 24.3 Å². The van der Waals surface area contributed by atoms with Gasteiger partial charge in [-0.15, -0.1) is 0 Å². The molecule has 0 aliphatic heterocycles. The molecule has 0 bridgehead atoms. The topological polar surface area (TPSA) is 32.3 Å². The van der Waals surface area contributed by atoms with E-state index >= 15 is 0 Å². The third-order valence-corrected chi connectivity index (χ3v) is 4.14. The van der Waals surface area contributed by atoms with Gasteiger partial charge >= 0.3 is 0 Å². The molecule has 17 heavy (non-hydrogen) atoms. The fraction of sp³-hybridized carbons (Fsp3) is 0.600. The molecule has 0 radical (unpaired) electrons. The summed E-state index contributed by atoms with van der Waals surface area (Å²) in [6.07, 6.45) is 3.93. The quantitative estimate of drug-likeness (QED) is 0.840. The molecule has 0 saturated heterocycles. The van der Waals surface area contributed by atoms with Crippen molar-refractivity contribution in [2.75, 3.05) is 13.6 Å². The number of aliphatic hydroxyl groups is 1. The molecule has 1 aromatic rings. The number of aryl methyl sites for hydroxylation is 1. The van der Waals surface area contributed by atoms with E-state index in [4.69, 9.17) is 0 Å². The van der Waals surface area contributed by atoms with Crippen LogP contribution in [0.25, 0.3) is 0 Å². The molecule has 2 rings (SSSR count). The molecule has 2 nitrogen and oxygen atoms in total. The summed E-state index contributed by atoms with van der Waals surface area (Å²) in [5.41, 5.74) is 3.06. The Kier molecular flexibility index (Phi) is 3.85. The molecular weight excluding hydrogens is 210 g/mol. The van der Waals surface area contributed by atoms with Crippen LogP contribution in [0.4, 0.5) is 0 Å². The molecule has 0 amide bonds. The number of hydrogen-bond donors (Lipinski definition) is 2. The largest absolute Gasteiger partial charge is 0.393 e. The molecule has 2 N–H and O–H groups in total. The summed E-state index contributed by atoms with van der Waals surface area (Å²) in [4.78, 5) is 0. The van der Waals surface area contributed by atoms with Crippen LogP contribution in [0.2, 0.25) is 0 Å². The van der Waals surface area contributed by atoms with Crippen LogP contribution >= 0.6 is 0 Å². The summed E-state index contributed by atoms with van der Waals surface area (Å²) in [7, 11) is 2.02. The minimum absolute atomic E-state index is 0.0935. The Balaban J connectivity index is 2.31. The lowest BCUT2D eigenvalue weighted by atomic mass is 9.67. The molecule has 1 aliphatic rings. The maximum absolute atomic E-state index is 9.71. The van der Waals surface area contributed by atoms with E-state index in [0.717, 1.165) is 32.2 Å². The minimum atomic E-state index is -0.0935. The van der Waals surface area contributed by atoms with Gasteiger partial charge in [-0.25, -0.2) is 0 Å². The van der Waals surface area contributed by atoms with Crippen LogP contribution in [0.3, 0.4) is 0 Å². The maximum atomic E-state index is 9.71. The van der Waals surface area contributed by atoms with Crippen molar-refractivity contribution >= 4 is 0 Å². The Bertz CT molecular complexity index is 367. The van der Waals surface area contributed by atoms with Gasteiger partial charge in [0.05, 0.1) is 6.10 Å². The summed E-state index contributed by atoms with van der Waals surface area (Å²) < 4.78 is 0. The van der Waals surface area contributed by atoms with E-state index in [-0.39, 0.29) is 11.5 Å². The van der Waals surface area contributed by atoms with Gasteiger partial charge in [0.2, 0.25) is 0 Å². The number of nitrogens with one attached hydrogen (secondary N) is 1. The Hall–Kier alpha value is -0.860. The van der Waals surface area contributed by atoms with Crippen molar-refractivity contribution in [1.29, 1.82) is 0 Å². The lowest BCUT2D eigenvalue weighted by Crippen LogP contribution is -2.41. The number of hydrogen-bond acceptors (Lipinski definition) is 2. The van der Waals surface area contributed by atoms with Crippen LogP contribution < -0.4 is 5.32 Å². The molecular formula is C15H23NO. The van der Waals surface area contributed by atoms with E-state index in [2.05, 4.69) is 36.5 Å². The highest BCUT2D eigenvalue weighted by Gasteiger charge is 2.36. The molecule has 0 aromatic heterocycles. The van der Waals surface area contributed by atoms with E-state index in [1.165, 1.54) is 11.1 Å². The van der Waals surface area contributed by atoms with Crippen LogP contribution in [0.5, 0.6) is 0 Å². The number of rotatable bonds is 3. The summed E-state index contributed by atoms with van der Waals surface area (Å²) >= 11 is 0. The van der Waals surface area contributed by atoms with Crippen molar-refractivity contribution in [2.45, 2.75) is 44.1 Å². The smallest absolute Gasteiger partial charge is 0.0541 e. The van der Waals surface area contributed by atoms with Crippen molar-refractivity contribution in [3.8, 4) is 0 Å². The molecule has 2 heteroatoms. The van der Waals surface area contributed by atoms with Crippen molar-refractivity contribution in [1.82, 2.24) is 5.32 Å². The van der Waals surface area contributed by atoms with E-state index in [0.29, 0.717) is 0 Å². The molecule has 0 heterocycles. The first-order valence-electron chi connectivity index (χ1n) is 6.57. The highest BCUT2D eigenvalue weighted by molar-refractivity contribution is 5.34. The second-order valence-corrected chi connectivity index (χ2v) is 5.36. The van der Waals surface area contributed by atoms with E-state index < -0.39 is 0 Å². The zero-order valence-corrected chi connectivity index (χ0v) is 10.9. The molecule has 1 saturated carbocycles. The Labute approximate surface area is 104 Å².